The second-order valence-electron chi connectivity index (χ2n) is 3.22. The highest BCUT2D eigenvalue weighted by molar-refractivity contribution is 5.47. The Morgan fingerprint density at radius 3 is 3.07 bits per heavy atom. The number of ether oxygens (including phenoxy) is 1. The van der Waals surface area contributed by atoms with Gasteiger partial charge in [-0.1, -0.05) is 12.1 Å². The Labute approximate surface area is 80.6 Å². The third-order valence-corrected chi connectivity index (χ3v) is 2.33. The minimum absolute atomic E-state index is 0.0950. The van der Waals surface area contributed by atoms with Gasteiger partial charge in [0.25, 0.3) is 5.69 Å². The number of rotatable bonds is 1. The molecule has 0 spiro atoms. The molecule has 74 valence electrons. The Kier molecular flexibility index (Phi) is 2.18. The van der Waals surface area contributed by atoms with Crippen LogP contribution in [0.5, 0.6) is 0 Å². The molecule has 1 aliphatic rings. The van der Waals surface area contributed by atoms with Crippen molar-refractivity contribution < 1.29 is 9.66 Å². The lowest BCUT2D eigenvalue weighted by molar-refractivity contribution is -0.386. The maximum Gasteiger partial charge on any atom is 0.275 e. The number of nitrogens with zero attached hydrogens (tertiary/aromatic N) is 1. The fourth-order valence-electron chi connectivity index (χ4n) is 1.65. The molecule has 5 nitrogen and oxygen atoms in total. The lowest BCUT2D eigenvalue weighted by Crippen LogP contribution is -2.24. The predicted octanol–water partition coefficient (Wildman–Crippen LogP) is 1.12. The maximum atomic E-state index is 10.7. The monoisotopic (exact) mass is 194 g/mol. The minimum atomic E-state index is -0.403. The maximum absolute atomic E-state index is 10.7. The first-order valence-electron chi connectivity index (χ1n) is 4.29. The molecular formula is C9H10N2O3. The SMILES string of the molecule is N[C@H]1COCc2c1cccc2[N+](=O)[O-]. The number of fused-ring (bicyclic) bond motifs is 1. The van der Waals surface area contributed by atoms with Gasteiger partial charge < -0.3 is 10.5 Å². The largest absolute Gasteiger partial charge is 0.375 e. The molecule has 0 aromatic heterocycles. The van der Waals surface area contributed by atoms with Gasteiger partial charge in [0.15, 0.2) is 0 Å². The number of benzene rings is 1. The summed E-state index contributed by atoms with van der Waals surface area (Å²) in [6, 6.07) is 4.69. The van der Waals surface area contributed by atoms with Crippen molar-refractivity contribution in [2.24, 2.45) is 5.73 Å². The summed E-state index contributed by atoms with van der Waals surface area (Å²) in [6.45, 7) is 0.703. The Balaban J connectivity index is 2.55. The fraction of sp³-hybridized carbons (Fsp3) is 0.333. The normalized spacial score (nSPS) is 20.2. The summed E-state index contributed by atoms with van der Waals surface area (Å²) in [6.07, 6.45) is 0. The van der Waals surface area contributed by atoms with E-state index in [1.807, 2.05) is 6.07 Å². The van der Waals surface area contributed by atoms with Crippen molar-refractivity contribution in [1.82, 2.24) is 0 Å². The molecule has 0 unspecified atom stereocenters. The first-order valence-corrected chi connectivity index (χ1v) is 4.29. The van der Waals surface area contributed by atoms with Gasteiger partial charge in [0.1, 0.15) is 0 Å². The summed E-state index contributed by atoms with van der Waals surface area (Å²) in [7, 11) is 0. The summed E-state index contributed by atoms with van der Waals surface area (Å²) in [5, 5.41) is 10.7. The highest BCUT2D eigenvalue weighted by Crippen LogP contribution is 2.30. The standard InChI is InChI=1S/C9H10N2O3/c10-8-5-14-4-7-6(8)2-1-3-9(7)11(12)13/h1-3,8H,4-5,10H2/t8-/m0/s1. The van der Waals surface area contributed by atoms with E-state index in [2.05, 4.69) is 0 Å². The van der Waals surface area contributed by atoms with Gasteiger partial charge >= 0.3 is 0 Å². The summed E-state index contributed by atoms with van der Waals surface area (Å²) < 4.78 is 5.17. The molecule has 2 N–H and O–H groups in total. The molecule has 1 aliphatic heterocycles. The molecule has 14 heavy (non-hydrogen) atoms. The van der Waals surface area contributed by atoms with Gasteiger partial charge in [0.2, 0.25) is 0 Å². The van der Waals surface area contributed by atoms with Crippen LogP contribution in [0.1, 0.15) is 17.2 Å². The van der Waals surface area contributed by atoms with E-state index in [4.69, 9.17) is 10.5 Å². The van der Waals surface area contributed by atoms with Gasteiger partial charge in [0, 0.05) is 6.07 Å². The third kappa shape index (κ3) is 1.36. The van der Waals surface area contributed by atoms with Gasteiger partial charge in [-0.15, -0.1) is 0 Å². The smallest absolute Gasteiger partial charge is 0.275 e. The highest BCUT2D eigenvalue weighted by Gasteiger charge is 2.24. The summed E-state index contributed by atoms with van der Waals surface area (Å²) in [5.41, 5.74) is 7.29. The van der Waals surface area contributed by atoms with Crippen molar-refractivity contribution in [3.63, 3.8) is 0 Å². The van der Waals surface area contributed by atoms with Crippen LogP contribution in [0.4, 0.5) is 5.69 Å². The number of nitro benzene ring substituents is 1. The molecule has 1 aromatic carbocycles. The Hall–Kier alpha value is -1.46. The molecule has 0 saturated carbocycles. The molecule has 2 rings (SSSR count). The van der Waals surface area contributed by atoms with E-state index in [1.54, 1.807) is 6.07 Å². The van der Waals surface area contributed by atoms with E-state index < -0.39 is 4.92 Å². The van der Waals surface area contributed by atoms with Gasteiger partial charge in [-0.3, -0.25) is 10.1 Å². The fourth-order valence-corrected chi connectivity index (χ4v) is 1.65. The van der Waals surface area contributed by atoms with Gasteiger partial charge in [-0.05, 0) is 5.56 Å². The van der Waals surface area contributed by atoms with Crippen LogP contribution in [0.2, 0.25) is 0 Å². The first-order chi connectivity index (χ1) is 6.70. The van der Waals surface area contributed by atoms with Gasteiger partial charge in [-0.2, -0.15) is 0 Å². The van der Waals surface area contributed by atoms with E-state index in [9.17, 15) is 10.1 Å². The molecular weight excluding hydrogens is 184 g/mol. The average molecular weight is 194 g/mol. The van der Waals surface area contributed by atoms with Crippen LogP contribution in [0.3, 0.4) is 0 Å². The number of hydrogen-bond acceptors (Lipinski definition) is 4. The van der Waals surface area contributed by atoms with E-state index in [1.165, 1.54) is 6.07 Å². The second-order valence-corrected chi connectivity index (χ2v) is 3.22. The minimum Gasteiger partial charge on any atom is -0.375 e. The van der Waals surface area contributed by atoms with E-state index >= 15 is 0 Å². The highest BCUT2D eigenvalue weighted by atomic mass is 16.6. The summed E-state index contributed by atoms with van der Waals surface area (Å²) in [5.74, 6) is 0. The lowest BCUT2D eigenvalue weighted by atomic mass is 9.98. The van der Waals surface area contributed by atoms with Crippen LogP contribution >= 0.6 is 0 Å². The average Bonchev–Trinajstić information content (AvgIpc) is 2.17. The number of nitrogens with two attached hydrogens (primary N) is 1. The quantitative estimate of drug-likeness (QED) is 0.536. The van der Waals surface area contributed by atoms with Crippen molar-refractivity contribution in [3.05, 3.63) is 39.4 Å². The van der Waals surface area contributed by atoms with E-state index in [-0.39, 0.29) is 18.3 Å². The van der Waals surface area contributed by atoms with Gasteiger partial charge in [-0.25, -0.2) is 0 Å². The molecule has 0 fully saturated rings. The zero-order valence-electron chi connectivity index (χ0n) is 7.47. The van der Waals surface area contributed by atoms with Crippen LogP contribution in [-0.2, 0) is 11.3 Å². The molecule has 0 saturated heterocycles. The predicted molar refractivity (Wildman–Crippen MR) is 49.7 cm³/mol. The van der Waals surface area contributed by atoms with E-state index in [0.717, 1.165) is 5.56 Å². The molecule has 1 aromatic rings. The van der Waals surface area contributed by atoms with Crippen molar-refractivity contribution in [1.29, 1.82) is 0 Å². The zero-order chi connectivity index (χ0) is 10.1. The number of nitro groups is 1. The Morgan fingerprint density at radius 2 is 2.36 bits per heavy atom. The molecule has 0 amide bonds. The second kappa shape index (κ2) is 3.36. The number of hydrogen-bond donors (Lipinski definition) is 1. The van der Waals surface area contributed by atoms with Crippen molar-refractivity contribution in [2.75, 3.05) is 6.61 Å². The lowest BCUT2D eigenvalue weighted by Gasteiger charge is -2.21. The van der Waals surface area contributed by atoms with Crippen LogP contribution in [0, 0.1) is 10.1 Å². The van der Waals surface area contributed by atoms with Crippen molar-refractivity contribution >= 4 is 5.69 Å². The van der Waals surface area contributed by atoms with Crippen molar-refractivity contribution in [2.45, 2.75) is 12.6 Å². The Bertz CT molecular complexity index is 378. The molecule has 1 heterocycles. The molecule has 0 aliphatic carbocycles. The van der Waals surface area contributed by atoms with Crippen LogP contribution < -0.4 is 5.73 Å². The molecule has 0 radical (unpaired) electrons. The zero-order valence-corrected chi connectivity index (χ0v) is 7.47. The molecule has 5 heteroatoms. The van der Waals surface area contributed by atoms with E-state index in [0.29, 0.717) is 12.2 Å². The van der Waals surface area contributed by atoms with Crippen molar-refractivity contribution in [3.8, 4) is 0 Å². The summed E-state index contributed by atoms with van der Waals surface area (Å²) in [4.78, 5) is 10.3. The first kappa shape index (κ1) is 9.11. The molecule has 0 bridgehead atoms. The van der Waals surface area contributed by atoms with Crippen LogP contribution in [-0.4, -0.2) is 11.5 Å². The molecule has 1 atom stereocenters. The topological polar surface area (TPSA) is 78.4 Å². The third-order valence-electron chi connectivity index (χ3n) is 2.33. The summed E-state index contributed by atoms with van der Waals surface area (Å²) >= 11 is 0. The van der Waals surface area contributed by atoms with Crippen LogP contribution in [0.25, 0.3) is 0 Å². The van der Waals surface area contributed by atoms with Crippen LogP contribution in [0.15, 0.2) is 18.2 Å². The Morgan fingerprint density at radius 1 is 1.57 bits per heavy atom. The van der Waals surface area contributed by atoms with Gasteiger partial charge in [0.05, 0.1) is 29.7 Å².